The number of primary amides is 1. The number of methoxy groups -OCH3 is 2. The molecule has 4 aromatic rings. The predicted octanol–water partition coefficient (Wildman–Crippen LogP) is 3.37. The van der Waals surface area contributed by atoms with Gasteiger partial charge in [0.2, 0.25) is 0 Å². The number of anilines is 1. The highest BCUT2D eigenvalue weighted by Crippen LogP contribution is 2.42. The number of rotatable bonds is 7. The van der Waals surface area contributed by atoms with Crippen molar-refractivity contribution >= 4 is 22.6 Å². The number of aryl methyl sites for hydroxylation is 1. The summed E-state index contributed by atoms with van der Waals surface area (Å²) in [4.78, 5) is 23.8. The van der Waals surface area contributed by atoms with Gasteiger partial charge in [0, 0.05) is 50.6 Å². The Balaban J connectivity index is 1.79. The first-order valence-corrected chi connectivity index (χ1v) is 12.1. The second-order valence-electron chi connectivity index (χ2n) is 9.24. The summed E-state index contributed by atoms with van der Waals surface area (Å²) in [6.45, 7) is 1.49. The van der Waals surface area contributed by atoms with Gasteiger partial charge in [-0.2, -0.15) is 0 Å². The summed E-state index contributed by atoms with van der Waals surface area (Å²) < 4.78 is 43.3. The Morgan fingerprint density at radius 1 is 1.18 bits per heavy atom. The first-order valence-electron chi connectivity index (χ1n) is 12.1. The van der Waals surface area contributed by atoms with Crippen LogP contribution in [-0.2, 0) is 18.4 Å². The lowest BCUT2D eigenvalue weighted by molar-refractivity contribution is 0.0997. The van der Waals surface area contributed by atoms with E-state index in [9.17, 15) is 9.18 Å². The SMILES string of the molecule is COCc1nc2c(N3CC[C@H](N)C3)c(-c3cnc(-c4c(F)cccc4OC)c(F)c3C(N)=O)ccc2n1C. The number of benzene rings is 2. The molecule has 4 N–H and O–H groups in total. The number of carbonyl (C=O) groups is 1. The largest absolute Gasteiger partial charge is 0.496 e. The minimum Gasteiger partial charge on any atom is -0.496 e. The third kappa shape index (κ3) is 4.13. The number of nitrogens with zero attached hydrogens (tertiary/aromatic N) is 4. The van der Waals surface area contributed by atoms with Gasteiger partial charge in [0.1, 0.15) is 35.2 Å². The van der Waals surface area contributed by atoms with Gasteiger partial charge in [-0.25, -0.2) is 13.8 Å². The number of imidazole rings is 1. The third-order valence-electron chi connectivity index (χ3n) is 6.92. The Kier molecular flexibility index (Phi) is 6.72. The number of hydrogen-bond donors (Lipinski definition) is 2. The van der Waals surface area contributed by atoms with Crippen LogP contribution in [0, 0.1) is 11.6 Å². The van der Waals surface area contributed by atoms with Crippen LogP contribution in [0.4, 0.5) is 14.5 Å². The molecule has 0 aliphatic carbocycles. The van der Waals surface area contributed by atoms with Crippen molar-refractivity contribution in [3.8, 4) is 28.1 Å². The molecule has 198 valence electrons. The summed E-state index contributed by atoms with van der Waals surface area (Å²) in [6, 6.07) is 7.66. The Hall–Kier alpha value is -4.09. The van der Waals surface area contributed by atoms with E-state index in [1.807, 2.05) is 17.7 Å². The molecule has 1 aliphatic heterocycles. The minimum absolute atomic E-state index is 0.0540. The van der Waals surface area contributed by atoms with Crippen molar-refractivity contribution < 1.29 is 23.0 Å². The number of nitrogens with two attached hydrogens (primary N) is 2. The lowest BCUT2D eigenvalue weighted by Gasteiger charge is -2.23. The molecule has 5 rings (SSSR count). The van der Waals surface area contributed by atoms with Crippen LogP contribution in [0.25, 0.3) is 33.4 Å². The fraction of sp³-hybridized carbons (Fsp3) is 0.296. The van der Waals surface area contributed by atoms with Crippen molar-refractivity contribution in [2.24, 2.45) is 18.5 Å². The molecule has 11 heteroatoms. The molecule has 1 atom stereocenters. The third-order valence-corrected chi connectivity index (χ3v) is 6.92. The first kappa shape index (κ1) is 25.6. The number of pyridine rings is 1. The van der Waals surface area contributed by atoms with Crippen LogP contribution in [0.1, 0.15) is 22.6 Å². The van der Waals surface area contributed by atoms with Gasteiger partial charge in [-0.1, -0.05) is 6.07 Å². The molecule has 0 radical (unpaired) electrons. The molecule has 1 fully saturated rings. The predicted molar refractivity (Wildman–Crippen MR) is 140 cm³/mol. The Morgan fingerprint density at radius 3 is 2.63 bits per heavy atom. The smallest absolute Gasteiger partial charge is 0.252 e. The first-order chi connectivity index (χ1) is 18.3. The molecule has 3 heterocycles. The number of hydrogen-bond acceptors (Lipinski definition) is 7. The van der Waals surface area contributed by atoms with Crippen LogP contribution in [0.2, 0.25) is 0 Å². The highest BCUT2D eigenvalue weighted by Gasteiger charge is 2.30. The molecular weight excluding hydrogens is 494 g/mol. The topological polar surface area (TPSA) is 122 Å². The van der Waals surface area contributed by atoms with Crippen LogP contribution in [0.15, 0.2) is 36.5 Å². The van der Waals surface area contributed by atoms with E-state index in [1.165, 1.54) is 25.4 Å². The monoisotopic (exact) mass is 522 g/mol. The fourth-order valence-corrected chi connectivity index (χ4v) is 5.09. The van der Waals surface area contributed by atoms with Crippen LogP contribution >= 0.6 is 0 Å². The number of aromatic nitrogens is 3. The normalized spacial score (nSPS) is 15.4. The van der Waals surface area contributed by atoms with Crippen LogP contribution in [0.3, 0.4) is 0 Å². The average Bonchev–Trinajstić information content (AvgIpc) is 3.46. The standard InChI is InChI=1S/C27H28F2N6O3/c1-34-18-8-7-15(26(35-10-9-14(30)12-35)24(18)33-20(34)13-37-2)16-11-32-25(23(29)21(16)27(31)36)22-17(28)5-4-6-19(22)38-3/h4-8,11,14H,9-10,12-13,30H2,1-3H3,(H2,31,36)/t14-/m0/s1. The molecule has 1 saturated heterocycles. The number of halogens is 2. The molecule has 1 aliphatic rings. The zero-order valence-electron chi connectivity index (χ0n) is 21.3. The molecule has 0 spiro atoms. The summed E-state index contributed by atoms with van der Waals surface area (Å²) in [6.07, 6.45) is 2.10. The number of ether oxygens (including phenoxy) is 2. The fourth-order valence-electron chi connectivity index (χ4n) is 5.09. The van der Waals surface area contributed by atoms with Gasteiger partial charge in [-0.3, -0.25) is 9.78 Å². The van der Waals surface area contributed by atoms with Gasteiger partial charge in [0.15, 0.2) is 5.82 Å². The molecule has 1 amide bonds. The highest BCUT2D eigenvalue weighted by molar-refractivity contribution is 6.06. The van der Waals surface area contributed by atoms with E-state index in [2.05, 4.69) is 9.88 Å². The van der Waals surface area contributed by atoms with Gasteiger partial charge in [-0.05, 0) is 30.7 Å². The summed E-state index contributed by atoms with van der Waals surface area (Å²) >= 11 is 0. The second kappa shape index (κ2) is 9.99. The van der Waals surface area contributed by atoms with E-state index < -0.39 is 23.1 Å². The van der Waals surface area contributed by atoms with Gasteiger partial charge >= 0.3 is 0 Å². The van der Waals surface area contributed by atoms with Gasteiger partial charge < -0.3 is 30.4 Å². The Morgan fingerprint density at radius 2 is 1.97 bits per heavy atom. The lowest BCUT2D eigenvalue weighted by Crippen LogP contribution is -2.27. The molecular formula is C27H28F2N6O3. The van der Waals surface area contributed by atoms with E-state index in [-0.39, 0.29) is 28.6 Å². The molecule has 2 aromatic carbocycles. The molecule has 38 heavy (non-hydrogen) atoms. The van der Waals surface area contributed by atoms with Crippen molar-refractivity contribution in [1.82, 2.24) is 14.5 Å². The van der Waals surface area contributed by atoms with E-state index in [4.69, 9.17) is 25.9 Å². The molecule has 0 bridgehead atoms. The maximum Gasteiger partial charge on any atom is 0.252 e. The van der Waals surface area contributed by atoms with Crippen LogP contribution in [-0.4, -0.2) is 53.8 Å². The van der Waals surface area contributed by atoms with Crippen molar-refractivity contribution in [3.05, 3.63) is 59.6 Å². The maximum absolute atomic E-state index is 16.0. The maximum atomic E-state index is 16.0. The van der Waals surface area contributed by atoms with Crippen molar-refractivity contribution in [1.29, 1.82) is 0 Å². The van der Waals surface area contributed by atoms with Crippen LogP contribution in [0.5, 0.6) is 5.75 Å². The summed E-state index contributed by atoms with van der Waals surface area (Å²) in [7, 11) is 4.81. The molecule has 9 nitrogen and oxygen atoms in total. The zero-order valence-corrected chi connectivity index (χ0v) is 21.3. The van der Waals surface area contributed by atoms with E-state index in [1.54, 1.807) is 13.2 Å². The Bertz CT molecular complexity index is 1550. The number of fused-ring (bicyclic) bond motifs is 1. The van der Waals surface area contributed by atoms with Gasteiger partial charge in [-0.15, -0.1) is 0 Å². The van der Waals surface area contributed by atoms with Gasteiger partial charge in [0.25, 0.3) is 5.91 Å². The van der Waals surface area contributed by atoms with Crippen molar-refractivity contribution in [3.63, 3.8) is 0 Å². The van der Waals surface area contributed by atoms with Gasteiger partial charge in [0.05, 0.1) is 29.4 Å². The van der Waals surface area contributed by atoms with Crippen LogP contribution < -0.4 is 21.1 Å². The highest BCUT2D eigenvalue weighted by atomic mass is 19.1. The summed E-state index contributed by atoms with van der Waals surface area (Å²) in [5.74, 6) is -2.02. The van der Waals surface area contributed by atoms with E-state index in [0.29, 0.717) is 42.3 Å². The average molecular weight is 523 g/mol. The number of carbonyl (C=O) groups excluding carboxylic acids is 1. The Labute approximate surface area is 218 Å². The second-order valence-corrected chi connectivity index (χ2v) is 9.24. The number of amides is 1. The zero-order chi connectivity index (χ0) is 27.1. The molecule has 0 unspecified atom stereocenters. The van der Waals surface area contributed by atoms with Crippen molar-refractivity contribution in [2.45, 2.75) is 19.1 Å². The summed E-state index contributed by atoms with van der Waals surface area (Å²) in [5, 5.41) is 0. The van der Waals surface area contributed by atoms with E-state index in [0.717, 1.165) is 18.0 Å². The lowest BCUT2D eigenvalue weighted by atomic mass is 9.95. The minimum atomic E-state index is -1.04. The molecule has 2 aromatic heterocycles. The quantitative estimate of drug-likeness (QED) is 0.382. The van der Waals surface area contributed by atoms with E-state index >= 15 is 4.39 Å². The summed E-state index contributed by atoms with van der Waals surface area (Å²) in [5.41, 5.74) is 13.8. The van der Waals surface area contributed by atoms with Crippen molar-refractivity contribution in [2.75, 3.05) is 32.2 Å². The molecule has 0 saturated carbocycles.